The quantitative estimate of drug-likeness (QED) is 0.738. The molecule has 0 saturated carbocycles. The number of aryl methyl sites for hydroxylation is 1. The topological polar surface area (TPSA) is 46.9 Å². The molecule has 0 radical (unpaired) electrons. The van der Waals surface area contributed by atoms with Gasteiger partial charge < -0.3 is 9.88 Å². The highest BCUT2D eigenvalue weighted by molar-refractivity contribution is 6.00. The fourth-order valence-corrected chi connectivity index (χ4v) is 2.44. The number of fused-ring (bicyclic) bond motifs is 1. The van der Waals surface area contributed by atoms with Crippen molar-refractivity contribution in [1.29, 1.82) is 0 Å². The van der Waals surface area contributed by atoms with Gasteiger partial charge in [0.2, 0.25) is 5.91 Å². The Morgan fingerprint density at radius 2 is 2.04 bits per heavy atom. The first-order valence-electron chi connectivity index (χ1n) is 7.39. The lowest BCUT2D eigenvalue weighted by molar-refractivity contribution is -0.111. The van der Waals surface area contributed by atoms with Gasteiger partial charge in [-0.3, -0.25) is 4.79 Å². The van der Waals surface area contributed by atoms with Crippen LogP contribution in [-0.2, 0) is 11.8 Å². The Morgan fingerprint density at radius 3 is 2.75 bits per heavy atom. The van der Waals surface area contributed by atoms with E-state index in [1.807, 2.05) is 36.0 Å². The minimum atomic E-state index is -0.282. The fourth-order valence-electron chi connectivity index (χ4n) is 2.44. The third kappa shape index (κ3) is 3.25. The number of hydrogen-bond donors (Lipinski definition) is 1. The summed E-state index contributed by atoms with van der Waals surface area (Å²) < 4.78 is 14.9. The molecule has 1 aromatic carbocycles. The van der Waals surface area contributed by atoms with Gasteiger partial charge in [-0.2, -0.15) is 0 Å². The van der Waals surface area contributed by atoms with Gasteiger partial charge in [0.15, 0.2) is 0 Å². The normalized spacial score (nSPS) is 11.1. The lowest BCUT2D eigenvalue weighted by Crippen LogP contribution is -2.07. The molecule has 1 amide bonds. The summed E-state index contributed by atoms with van der Waals surface area (Å²) in [5.41, 5.74) is 3.27. The molecule has 1 N–H and O–H groups in total. The molecule has 24 heavy (non-hydrogen) atoms. The monoisotopic (exact) mass is 321 g/mol. The summed E-state index contributed by atoms with van der Waals surface area (Å²) in [7, 11) is 1.91. The van der Waals surface area contributed by atoms with Gasteiger partial charge in [0.1, 0.15) is 11.5 Å². The summed E-state index contributed by atoms with van der Waals surface area (Å²) in [4.78, 5) is 15.8. The highest BCUT2D eigenvalue weighted by Gasteiger charge is 2.08. The molecule has 0 aliphatic carbocycles. The van der Waals surface area contributed by atoms with Crippen LogP contribution in [-0.4, -0.2) is 15.5 Å². The molecular weight excluding hydrogens is 305 g/mol. The zero-order valence-electron chi connectivity index (χ0n) is 13.2. The van der Waals surface area contributed by atoms with E-state index in [-0.39, 0.29) is 11.7 Å². The SMILES string of the molecule is C=CC(=O)Nc1cnc2c(c1)c(/C=C/c1ccc(F)cc1)cn2C. The van der Waals surface area contributed by atoms with Crippen molar-refractivity contribution < 1.29 is 9.18 Å². The molecule has 0 bridgehead atoms. The number of amides is 1. The number of carbonyl (C=O) groups excluding carboxylic acids is 1. The van der Waals surface area contributed by atoms with Gasteiger partial charge in [-0.15, -0.1) is 0 Å². The van der Waals surface area contributed by atoms with Crippen LogP contribution in [0, 0.1) is 5.82 Å². The molecule has 2 heterocycles. The average molecular weight is 321 g/mol. The van der Waals surface area contributed by atoms with Crippen molar-refractivity contribution in [3.63, 3.8) is 0 Å². The number of aromatic nitrogens is 2. The van der Waals surface area contributed by atoms with Crippen molar-refractivity contribution in [3.8, 4) is 0 Å². The summed E-state index contributed by atoms with van der Waals surface area (Å²) >= 11 is 0. The molecule has 5 heteroatoms. The average Bonchev–Trinajstić information content (AvgIpc) is 2.90. The smallest absolute Gasteiger partial charge is 0.247 e. The molecule has 3 aromatic rings. The molecule has 0 aliphatic heterocycles. The van der Waals surface area contributed by atoms with E-state index in [0.29, 0.717) is 5.69 Å². The molecule has 3 rings (SSSR count). The van der Waals surface area contributed by atoms with Crippen molar-refractivity contribution in [2.75, 3.05) is 5.32 Å². The van der Waals surface area contributed by atoms with E-state index in [1.165, 1.54) is 18.2 Å². The highest BCUT2D eigenvalue weighted by atomic mass is 19.1. The minimum Gasteiger partial charge on any atom is -0.335 e. The van der Waals surface area contributed by atoms with Crippen LogP contribution < -0.4 is 5.32 Å². The van der Waals surface area contributed by atoms with Crippen LogP contribution in [0.15, 0.2) is 55.4 Å². The van der Waals surface area contributed by atoms with Gasteiger partial charge in [-0.25, -0.2) is 9.37 Å². The Kier molecular flexibility index (Phi) is 4.24. The maximum absolute atomic E-state index is 13.0. The molecule has 0 atom stereocenters. The van der Waals surface area contributed by atoms with Gasteiger partial charge in [0.25, 0.3) is 0 Å². The van der Waals surface area contributed by atoms with Gasteiger partial charge in [-0.05, 0) is 29.8 Å². The summed E-state index contributed by atoms with van der Waals surface area (Å²) in [6.45, 7) is 3.44. The van der Waals surface area contributed by atoms with Gasteiger partial charge in [0, 0.05) is 24.2 Å². The molecular formula is C19H16FN3O. The van der Waals surface area contributed by atoms with Crippen LogP contribution in [0.4, 0.5) is 10.1 Å². The van der Waals surface area contributed by atoms with E-state index in [4.69, 9.17) is 0 Å². The Morgan fingerprint density at radius 1 is 1.29 bits per heavy atom. The second-order valence-electron chi connectivity index (χ2n) is 5.37. The first-order chi connectivity index (χ1) is 11.6. The van der Waals surface area contributed by atoms with Gasteiger partial charge in [0.05, 0.1) is 11.9 Å². The number of nitrogens with one attached hydrogen (secondary N) is 1. The van der Waals surface area contributed by atoms with Crippen molar-refractivity contribution in [3.05, 3.63) is 72.3 Å². The summed E-state index contributed by atoms with van der Waals surface area (Å²) in [6.07, 6.45) is 8.62. The molecule has 2 aromatic heterocycles. The molecule has 0 aliphatic rings. The molecule has 120 valence electrons. The molecule has 0 unspecified atom stereocenters. The minimum absolute atomic E-state index is 0.260. The van der Waals surface area contributed by atoms with E-state index in [9.17, 15) is 9.18 Å². The Balaban J connectivity index is 1.97. The maximum atomic E-state index is 13.0. The first-order valence-corrected chi connectivity index (χ1v) is 7.39. The summed E-state index contributed by atoms with van der Waals surface area (Å²) in [5, 5.41) is 3.62. The van der Waals surface area contributed by atoms with Crippen LogP contribution in [0.1, 0.15) is 11.1 Å². The van der Waals surface area contributed by atoms with Crippen molar-refractivity contribution in [1.82, 2.24) is 9.55 Å². The van der Waals surface area contributed by atoms with Gasteiger partial charge in [-0.1, -0.05) is 30.9 Å². The predicted octanol–water partition coefficient (Wildman–Crippen LogP) is 4.01. The summed E-state index contributed by atoms with van der Waals surface area (Å²) in [6, 6.07) is 8.14. The van der Waals surface area contributed by atoms with E-state index >= 15 is 0 Å². The van der Waals surface area contributed by atoms with Crippen molar-refractivity contribution >= 4 is 34.8 Å². The molecule has 4 nitrogen and oxygen atoms in total. The maximum Gasteiger partial charge on any atom is 0.247 e. The van der Waals surface area contributed by atoms with Crippen molar-refractivity contribution in [2.24, 2.45) is 7.05 Å². The van der Waals surface area contributed by atoms with Gasteiger partial charge >= 0.3 is 0 Å². The number of pyridine rings is 1. The molecule has 0 fully saturated rings. The number of hydrogen-bond acceptors (Lipinski definition) is 2. The largest absolute Gasteiger partial charge is 0.335 e. The third-order valence-electron chi connectivity index (χ3n) is 3.62. The van der Waals surface area contributed by atoms with Crippen LogP contribution >= 0.6 is 0 Å². The molecule has 0 saturated heterocycles. The van der Waals surface area contributed by atoms with Crippen LogP contribution in [0.5, 0.6) is 0 Å². The van der Waals surface area contributed by atoms with E-state index in [1.54, 1.807) is 18.3 Å². The second kappa shape index (κ2) is 6.50. The fraction of sp³-hybridized carbons (Fsp3) is 0.0526. The van der Waals surface area contributed by atoms with E-state index in [2.05, 4.69) is 16.9 Å². The Labute approximate surface area is 138 Å². The number of rotatable bonds is 4. The van der Waals surface area contributed by atoms with Crippen LogP contribution in [0.2, 0.25) is 0 Å². The number of benzene rings is 1. The van der Waals surface area contributed by atoms with Crippen LogP contribution in [0.3, 0.4) is 0 Å². The lowest BCUT2D eigenvalue weighted by Gasteiger charge is -2.02. The number of halogens is 1. The Bertz CT molecular complexity index is 939. The third-order valence-corrected chi connectivity index (χ3v) is 3.62. The zero-order valence-corrected chi connectivity index (χ0v) is 13.2. The highest BCUT2D eigenvalue weighted by Crippen LogP contribution is 2.24. The number of nitrogens with zero attached hydrogens (tertiary/aromatic N) is 2. The number of anilines is 1. The van der Waals surface area contributed by atoms with E-state index in [0.717, 1.165) is 22.2 Å². The lowest BCUT2D eigenvalue weighted by atomic mass is 10.1. The van der Waals surface area contributed by atoms with E-state index < -0.39 is 0 Å². The van der Waals surface area contributed by atoms with Crippen molar-refractivity contribution in [2.45, 2.75) is 0 Å². The Hall–Kier alpha value is -3.21. The second-order valence-corrected chi connectivity index (χ2v) is 5.37. The number of carbonyl (C=O) groups is 1. The predicted molar refractivity (Wildman–Crippen MR) is 94.9 cm³/mol. The zero-order chi connectivity index (χ0) is 17.1. The summed E-state index contributed by atoms with van der Waals surface area (Å²) in [5.74, 6) is -0.542. The van der Waals surface area contributed by atoms with Crippen LogP contribution in [0.25, 0.3) is 23.2 Å². The molecule has 0 spiro atoms. The first kappa shape index (κ1) is 15.7. The standard InChI is InChI=1S/C19H16FN3O/c1-3-18(24)22-16-10-17-14(12-23(2)19(17)21-11-16)7-4-13-5-8-15(20)9-6-13/h3-12H,1H2,2H3,(H,22,24)/b7-4+.